The van der Waals surface area contributed by atoms with E-state index in [-0.39, 0.29) is 0 Å². The number of benzene rings is 1. The van der Waals surface area contributed by atoms with E-state index >= 15 is 0 Å². The first-order valence-corrected chi connectivity index (χ1v) is 13.7. The first-order valence-electron chi connectivity index (χ1n) is 4.65. The van der Waals surface area contributed by atoms with Gasteiger partial charge in [-0.25, -0.2) is 0 Å². The zero-order valence-corrected chi connectivity index (χ0v) is 13.3. The second-order valence-electron chi connectivity index (χ2n) is 2.87. The van der Waals surface area contributed by atoms with Gasteiger partial charge >= 0.3 is 34.5 Å². The summed E-state index contributed by atoms with van der Waals surface area (Å²) in [6, 6.07) is 11.3. The van der Waals surface area contributed by atoms with Gasteiger partial charge < -0.3 is 0 Å². The van der Waals surface area contributed by atoms with Crippen molar-refractivity contribution in [3.8, 4) is 0 Å². The van der Waals surface area contributed by atoms with Crippen molar-refractivity contribution in [2.24, 2.45) is 0 Å². The molecule has 1 aromatic rings. The Morgan fingerprint density at radius 3 is 2.69 bits per heavy atom. The third-order valence-corrected chi connectivity index (χ3v) is 1.84. The van der Waals surface area contributed by atoms with Gasteiger partial charge in [-0.05, 0) is 0 Å². The molecule has 0 spiro atoms. The quantitative estimate of drug-likeness (QED) is 0.335. The standard InChI is InChI=1S/C11H15.HI.Zn/c1-2-3-5-8-11-9-6-4-7-10-11;;/h4,6,9-10H,2-3,5,8H2,1H3;1H;/q-1;;+2/p-1. The zero-order valence-electron chi connectivity index (χ0n) is 8.22. The Kier molecular flexibility index (Phi) is 11.1. The predicted octanol–water partition coefficient (Wildman–Crippen LogP) is 4.10. The van der Waals surface area contributed by atoms with Crippen LogP contribution in [-0.4, -0.2) is 0 Å². The Labute approximate surface area is 102 Å². The van der Waals surface area contributed by atoms with Crippen LogP contribution in [0, 0.1) is 6.07 Å². The second kappa shape index (κ2) is 10.7. The summed E-state index contributed by atoms with van der Waals surface area (Å²) in [5, 5.41) is 0. The van der Waals surface area contributed by atoms with Crippen LogP contribution in [0.4, 0.5) is 0 Å². The van der Waals surface area contributed by atoms with Gasteiger partial charge in [0, 0.05) is 0 Å². The maximum absolute atomic E-state index is 3.09. The summed E-state index contributed by atoms with van der Waals surface area (Å²) in [4.78, 5) is 0. The number of halogens is 1. The Balaban J connectivity index is 0.000000671. The fourth-order valence-corrected chi connectivity index (χ4v) is 1.17. The third-order valence-electron chi connectivity index (χ3n) is 1.84. The number of aryl methyl sites for hydroxylation is 1. The maximum atomic E-state index is 3.09. The molecule has 0 atom stereocenters. The SMILES string of the molecule is CCCCCc1c[c-]ccc1.[Zn+][I]. The van der Waals surface area contributed by atoms with E-state index in [1.807, 2.05) is 6.07 Å². The molecule has 0 aliphatic rings. The molecular weight excluding hydrogens is 324 g/mol. The fourth-order valence-electron chi connectivity index (χ4n) is 1.17. The minimum atomic E-state index is 1.21. The molecule has 0 bridgehead atoms. The molecule has 0 fully saturated rings. The molecule has 0 aromatic heterocycles. The van der Waals surface area contributed by atoms with Crippen LogP contribution in [0.2, 0.25) is 0 Å². The van der Waals surface area contributed by atoms with Crippen LogP contribution in [-0.2, 0) is 21.2 Å². The van der Waals surface area contributed by atoms with Crippen molar-refractivity contribution in [1.29, 1.82) is 0 Å². The van der Waals surface area contributed by atoms with Crippen molar-refractivity contribution in [3.63, 3.8) is 0 Å². The predicted molar refractivity (Wildman–Crippen MR) is 62.5 cm³/mol. The van der Waals surface area contributed by atoms with Crippen molar-refractivity contribution >= 4 is 19.8 Å². The number of hydrogen-bond donors (Lipinski definition) is 0. The van der Waals surface area contributed by atoms with Crippen LogP contribution in [0.5, 0.6) is 0 Å². The molecular formula is C11H15IZn. The van der Waals surface area contributed by atoms with Crippen molar-refractivity contribution in [1.82, 2.24) is 0 Å². The van der Waals surface area contributed by atoms with Crippen LogP contribution in [0.25, 0.3) is 0 Å². The van der Waals surface area contributed by atoms with E-state index in [0.29, 0.717) is 0 Å². The van der Waals surface area contributed by atoms with E-state index in [9.17, 15) is 0 Å². The monoisotopic (exact) mass is 338 g/mol. The van der Waals surface area contributed by atoms with Gasteiger partial charge in [-0.3, -0.25) is 0 Å². The van der Waals surface area contributed by atoms with Gasteiger partial charge in [-0.15, -0.1) is 0 Å². The van der Waals surface area contributed by atoms with Crippen molar-refractivity contribution < 1.29 is 14.8 Å². The summed E-state index contributed by atoms with van der Waals surface area (Å²) in [6.45, 7) is 2.23. The van der Waals surface area contributed by atoms with Crippen LogP contribution in [0.3, 0.4) is 0 Å². The Hall–Kier alpha value is 0.573. The summed E-state index contributed by atoms with van der Waals surface area (Å²) in [7, 11) is 0. The first kappa shape index (κ1) is 13.6. The topological polar surface area (TPSA) is 0 Å². The third kappa shape index (κ3) is 7.63. The van der Waals surface area contributed by atoms with Gasteiger partial charge in [0.25, 0.3) is 0 Å². The molecule has 0 heterocycles. The Morgan fingerprint density at radius 2 is 2.15 bits per heavy atom. The van der Waals surface area contributed by atoms with Crippen LogP contribution in [0.15, 0.2) is 24.3 Å². The molecule has 68 valence electrons. The molecule has 0 aliphatic heterocycles. The first-order chi connectivity index (χ1) is 6.43. The van der Waals surface area contributed by atoms with Crippen molar-refractivity contribution in [2.45, 2.75) is 32.6 Å². The minimum absolute atomic E-state index is 1.21. The van der Waals surface area contributed by atoms with Gasteiger partial charge in [0.15, 0.2) is 0 Å². The molecule has 0 nitrogen and oxygen atoms in total. The van der Waals surface area contributed by atoms with Gasteiger partial charge in [0.1, 0.15) is 0 Å². The summed E-state index contributed by atoms with van der Waals surface area (Å²) in [5.41, 5.74) is 1.42. The molecule has 0 saturated carbocycles. The fraction of sp³-hybridized carbons (Fsp3) is 0.455. The normalized spacial score (nSPS) is 8.92. The van der Waals surface area contributed by atoms with E-state index in [1.165, 1.54) is 46.0 Å². The van der Waals surface area contributed by atoms with E-state index in [2.05, 4.69) is 50.9 Å². The van der Waals surface area contributed by atoms with E-state index in [4.69, 9.17) is 0 Å². The number of unbranched alkanes of at least 4 members (excludes halogenated alkanes) is 2. The molecule has 13 heavy (non-hydrogen) atoms. The number of hydrogen-bond acceptors (Lipinski definition) is 0. The van der Waals surface area contributed by atoms with Gasteiger partial charge in [-0.2, -0.15) is 35.9 Å². The number of rotatable bonds is 4. The molecule has 0 radical (unpaired) electrons. The van der Waals surface area contributed by atoms with Crippen LogP contribution >= 0.6 is 19.8 Å². The summed E-state index contributed by atoms with van der Waals surface area (Å²) < 4.78 is 0. The summed E-state index contributed by atoms with van der Waals surface area (Å²) in [6.07, 6.45) is 5.17. The molecule has 0 N–H and O–H groups in total. The molecule has 0 saturated heterocycles. The van der Waals surface area contributed by atoms with Crippen molar-refractivity contribution in [2.75, 3.05) is 0 Å². The molecule has 0 aliphatic carbocycles. The molecule has 0 unspecified atom stereocenters. The van der Waals surface area contributed by atoms with Crippen LogP contribution in [0.1, 0.15) is 31.7 Å². The molecule has 1 aromatic carbocycles. The Morgan fingerprint density at radius 1 is 1.38 bits per heavy atom. The average molecular weight is 340 g/mol. The van der Waals surface area contributed by atoms with Gasteiger partial charge in [-0.1, -0.05) is 32.6 Å². The van der Waals surface area contributed by atoms with E-state index in [1.54, 1.807) is 0 Å². The second-order valence-corrected chi connectivity index (χ2v) is 2.87. The van der Waals surface area contributed by atoms with Gasteiger partial charge in [0.2, 0.25) is 0 Å². The Bertz CT molecular complexity index is 187. The summed E-state index contributed by atoms with van der Waals surface area (Å²) in [5.74, 6) is 0. The summed E-state index contributed by atoms with van der Waals surface area (Å²) >= 11 is 3.62. The zero-order chi connectivity index (χ0) is 9.94. The molecule has 2 heteroatoms. The average Bonchev–Trinajstić information content (AvgIpc) is 2.23. The van der Waals surface area contributed by atoms with Crippen LogP contribution < -0.4 is 0 Å². The molecule has 1 rings (SSSR count). The molecule has 0 amide bonds. The van der Waals surface area contributed by atoms with Crippen molar-refractivity contribution in [3.05, 3.63) is 35.9 Å². The van der Waals surface area contributed by atoms with E-state index < -0.39 is 0 Å². The van der Waals surface area contributed by atoms with Gasteiger partial charge in [0.05, 0.1) is 0 Å². The van der Waals surface area contributed by atoms with E-state index in [0.717, 1.165) is 0 Å².